The number of fused-ring (bicyclic) bond motifs is 1. The molecule has 146 valence electrons. The molecular weight excluding hydrogens is 386 g/mol. The van der Waals surface area contributed by atoms with Gasteiger partial charge in [-0.1, -0.05) is 6.07 Å². The Bertz CT molecular complexity index is 972. The van der Waals surface area contributed by atoms with Crippen molar-refractivity contribution in [3.63, 3.8) is 0 Å². The summed E-state index contributed by atoms with van der Waals surface area (Å²) in [7, 11) is 0. The van der Waals surface area contributed by atoms with Crippen molar-refractivity contribution < 1.29 is 18.0 Å². The van der Waals surface area contributed by atoms with E-state index in [1.165, 1.54) is 29.5 Å². The number of aromatic nitrogens is 2. The van der Waals surface area contributed by atoms with E-state index in [4.69, 9.17) is 4.42 Å². The van der Waals surface area contributed by atoms with Gasteiger partial charge in [0.25, 0.3) is 5.89 Å². The highest BCUT2D eigenvalue weighted by molar-refractivity contribution is 7.13. The van der Waals surface area contributed by atoms with E-state index in [1.54, 1.807) is 0 Å². The molecule has 0 atom stereocenters. The predicted molar refractivity (Wildman–Crippen MR) is 100 cm³/mol. The molecule has 0 spiro atoms. The number of oxazole rings is 1. The van der Waals surface area contributed by atoms with E-state index in [-0.39, 0.29) is 18.0 Å². The maximum Gasteiger partial charge on any atom is 0.313 e. The van der Waals surface area contributed by atoms with Gasteiger partial charge in [0.1, 0.15) is 17.4 Å². The molecule has 0 bridgehead atoms. The van der Waals surface area contributed by atoms with Gasteiger partial charge in [0.05, 0.1) is 11.4 Å². The van der Waals surface area contributed by atoms with Crippen LogP contribution in [0.5, 0.6) is 0 Å². The lowest BCUT2D eigenvalue weighted by molar-refractivity contribution is 0.0988. The fourth-order valence-corrected chi connectivity index (χ4v) is 3.82. The summed E-state index contributed by atoms with van der Waals surface area (Å²) in [6.07, 6.45) is 1.06. The van der Waals surface area contributed by atoms with Crippen LogP contribution in [0, 0.1) is 18.6 Å². The molecule has 0 saturated heterocycles. The van der Waals surface area contributed by atoms with E-state index in [1.807, 2.05) is 17.2 Å². The van der Waals surface area contributed by atoms with Crippen LogP contribution in [0.25, 0.3) is 0 Å². The Kier molecular flexibility index (Phi) is 5.19. The highest BCUT2D eigenvalue weighted by atomic mass is 32.1. The first-order chi connectivity index (χ1) is 13.5. The minimum atomic E-state index is -0.546. The Balaban J connectivity index is 1.42. The second-order valence-electron chi connectivity index (χ2n) is 6.61. The van der Waals surface area contributed by atoms with Crippen molar-refractivity contribution >= 4 is 22.4 Å². The molecule has 2 aromatic heterocycles. The summed E-state index contributed by atoms with van der Waals surface area (Å²) in [5.74, 6) is -0.887. The number of thiazole rings is 1. The van der Waals surface area contributed by atoms with Gasteiger partial charge in [-0.25, -0.2) is 18.7 Å². The van der Waals surface area contributed by atoms with Crippen LogP contribution < -0.4 is 5.32 Å². The van der Waals surface area contributed by atoms with Crippen LogP contribution in [0.2, 0.25) is 0 Å². The lowest BCUT2D eigenvalue weighted by Gasteiger charge is -2.20. The summed E-state index contributed by atoms with van der Waals surface area (Å²) in [5.41, 5.74) is 1.60. The minimum Gasteiger partial charge on any atom is -0.437 e. The zero-order valence-electron chi connectivity index (χ0n) is 15.2. The first-order valence-electron chi connectivity index (χ1n) is 8.87. The van der Waals surface area contributed by atoms with Crippen LogP contribution in [0.15, 0.2) is 28.0 Å². The number of hydrogen-bond acceptors (Lipinski definition) is 6. The number of aryl methyl sites for hydroxylation is 1. The van der Waals surface area contributed by atoms with E-state index < -0.39 is 17.5 Å². The number of carbonyl (C=O) groups excluding carboxylic acids is 1. The number of anilines is 1. The molecule has 1 aliphatic rings. The van der Waals surface area contributed by atoms with Gasteiger partial charge in [0, 0.05) is 43.4 Å². The summed E-state index contributed by atoms with van der Waals surface area (Å²) in [6, 6.07) is 3.88. The number of nitrogens with zero attached hydrogens (tertiary/aromatic N) is 3. The Morgan fingerprint density at radius 1 is 1.25 bits per heavy atom. The van der Waals surface area contributed by atoms with E-state index in [0.29, 0.717) is 42.5 Å². The number of carbonyl (C=O) groups is 1. The van der Waals surface area contributed by atoms with Gasteiger partial charge in [-0.2, -0.15) is 0 Å². The van der Waals surface area contributed by atoms with Gasteiger partial charge in [-0.05, 0) is 19.1 Å². The first kappa shape index (κ1) is 18.7. The maximum atomic E-state index is 13.9. The number of hydrogen-bond donors (Lipinski definition) is 1. The zero-order chi connectivity index (χ0) is 19.7. The Morgan fingerprint density at radius 3 is 2.71 bits per heavy atom. The second-order valence-corrected chi connectivity index (χ2v) is 7.47. The third-order valence-corrected chi connectivity index (χ3v) is 5.45. The van der Waals surface area contributed by atoms with Crippen LogP contribution in [-0.2, 0) is 19.4 Å². The molecule has 0 fully saturated rings. The molecule has 6 nitrogen and oxygen atoms in total. The van der Waals surface area contributed by atoms with Crippen LogP contribution in [0.3, 0.4) is 0 Å². The van der Waals surface area contributed by atoms with Crippen LogP contribution in [0.1, 0.15) is 33.4 Å². The highest BCUT2D eigenvalue weighted by Crippen LogP contribution is 2.22. The number of halogens is 2. The normalized spacial score (nSPS) is 14.5. The molecule has 1 aromatic carbocycles. The van der Waals surface area contributed by atoms with Gasteiger partial charge in [0.2, 0.25) is 0 Å². The van der Waals surface area contributed by atoms with Crippen molar-refractivity contribution in [3.05, 3.63) is 63.8 Å². The maximum absolute atomic E-state index is 13.9. The lowest BCUT2D eigenvalue weighted by atomic mass is 10.2. The summed E-state index contributed by atoms with van der Waals surface area (Å²) < 4.78 is 33.4. The zero-order valence-corrected chi connectivity index (χ0v) is 16.0. The van der Waals surface area contributed by atoms with Crippen molar-refractivity contribution in [2.75, 3.05) is 18.4 Å². The largest absolute Gasteiger partial charge is 0.437 e. The van der Waals surface area contributed by atoms with Crippen molar-refractivity contribution in [3.8, 4) is 0 Å². The van der Waals surface area contributed by atoms with Crippen LogP contribution >= 0.6 is 11.3 Å². The topological polar surface area (TPSA) is 71.3 Å². The molecule has 0 saturated carbocycles. The van der Waals surface area contributed by atoms with Gasteiger partial charge in [-0.3, -0.25) is 15.0 Å². The third-order valence-electron chi connectivity index (χ3n) is 4.58. The van der Waals surface area contributed by atoms with E-state index in [9.17, 15) is 13.6 Å². The fourth-order valence-electron chi connectivity index (χ4n) is 3.13. The molecule has 0 radical (unpaired) electrons. The molecular formula is C19H18F2N4O2S. The molecule has 1 N–H and O–H groups in total. The third kappa shape index (κ3) is 3.95. The summed E-state index contributed by atoms with van der Waals surface area (Å²) in [5, 5.41) is 5.01. The van der Waals surface area contributed by atoms with Gasteiger partial charge in [-0.15, -0.1) is 11.3 Å². The molecule has 0 unspecified atom stereocenters. The fraction of sp³-hybridized carbons (Fsp3) is 0.316. The van der Waals surface area contributed by atoms with Crippen molar-refractivity contribution in [2.24, 2.45) is 0 Å². The number of benzene rings is 1. The van der Waals surface area contributed by atoms with Crippen LogP contribution in [0.4, 0.5) is 13.9 Å². The first-order valence-corrected chi connectivity index (χ1v) is 9.75. The molecule has 9 heteroatoms. The summed E-state index contributed by atoms with van der Waals surface area (Å²) >= 11 is 1.33. The Labute approximate surface area is 164 Å². The van der Waals surface area contributed by atoms with Gasteiger partial charge >= 0.3 is 5.91 Å². The van der Waals surface area contributed by atoms with Crippen molar-refractivity contribution in [1.82, 2.24) is 14.9 Å². The molecule has 1 aliphatic heterocycles. The monoisotopic (exact) mass is 404 g/mol. The Hall–Kier alpha value is -2.65. The van der Waals surface area contributed by atoms with Gasteiger partial charge in [0.15, 0.2) is 5.13 Å². The molecule has 1 amide bonds. The van der Waals surface area contributed by atoms with Crippen molar-refractivity contribution in [2.45, 2.75) is 26.3 Å². The number of amides is 1. The molecule has 0 aliphatic carbocycles. The van der Waals surface area contributed by atoms with Crippen molar-refractivity contribution in [1.29, 1.82) is 0 Å². The quantitative estimate of drug-likeness (QED) is 0.720. The lowest BCUT2D eigenvalue weighted by Crippen LogP contribution is -2.27. The average molecular weight is 404 g/mol. The van der Waals surface area contributed by atoms with Gasteiger partial charge < -0.3 is 4.42 Å². The smallest absolute Gasteiger partial charge is 0.313 e. The average Bonchev–Trinajstić information content (AvgIpc) is 3.21. The second kappa shape index (κ2) is 7.76. The number of rotatable bonds is 4. The van der Waals surface area contributed by atoms with E-state index in [2.05, 4.69) is 15.3 Å². The van der Waals surface area contributed by atoms with E-state index >= 15 is 0 Å². The number of nitrogens with one attached hydrogen (secondary N) is 1. The molecule has 4 rings (SSSR count). The standard InChI is InChI=1S/C19H18F2N4O2S/c1-11-10-28-19(22-11)24-17(26)18-23-15-5-7-25(8-6-16(15)27-18)9-12-13(20)3-2-4-14(12)21/h2-4,10H,5-9H2,1H3,(H,22,24,26). The SMILES string of the molecule is Cc1csc(NC(=O)c2nc3c(o2)CCN(Cc2c(F)cccc2F)CC3)n1. The van der Waals surface area contributed by atoms with E-state index in [0.717, 1.165) is 5.69 Å². The molecule has 3 heterocycles. The summed E-state index contributed by atoms with van der Waals surface area (Å²) in [6.45, 7) is 3.15. The molecule has 3 aromatic rings. The Morgan fingerprint density at radius 2 is 2.00 bits per heavy atom. The minimum absolute atomic E-state index is 0.00597. The summed E-state index contributed by atoms with van der Waals surface area (Å²) in [4.78, 5) is 22.8. The predicted octanol–water partition coefficient (Wildman–Crippen LogP) is 3.57. The molecule has 28 heavy (non-hydrogen) atoms. The highest BCUT2D eigenvalue weighted by Gasteiger charge is 2.24. The van der Waals surface area contributed by atoms with Crippen LogP contribution in [-0.4, -0.2) is 33.9 Å².